The summed E-state index contributed by atoms with van der Waals surface area (Å²) >= 11 is 0. The molecule has 0 unspecified atom stereocenters. The molecule has 0 aromatic rings. The van der Waals surface area contributed by atoms with Crippen molar-refractivity contribution in [3.63, 3.8) is 0 Å². The van der Waals surface area contributed by atoms with E-state index < -0.39 is 24.4 Å². The van der Waals surface area contributed by atoms with E-state index >= 15 is 0 Å². The second-order valence-corrected chi connectivity index (χ2v) is 1.28. The minimum absolute atomic E-state index is 0. The average Bonchev–Trinajstić information content (AvgIpc) is 1.76. The largest absolute Gasteiger partial charge is 4.00 e. The van der Waals surface area contributed by atoms with Gasteiger partial charge in [0.1, 0.15) is 24.4 Å². The smallest absolute Gasteiger partial charge is 0.530 e. The van der Waals surface area contributed by atoms with Crippen LogP contribution >= 0.6 is 0 Å². The van der Waals surface area contributed by atoms with Crippen LogP contribution in [0.1, 0.15) is 0 Å². The van der Waals surface area contributed by atoms with Gasteiger partial charge < -0.3 is 62.5 Å². The number of amides is 4. The maximum atomic E-state index is 8.67. The number of nitrogens with two attached hydrogens (primary N) is 4. The molecule has 12 heteroatoms. The van der Waals surface area contributed by atoms with E-state index in [1.807, 2.05) is 0 Å². The van der Waals surface area contributed by atoms with E-state index in [-0.39, 0.29) is 7.43 Å². The molecule has 0 saturated heterocycles. The Hall–Kier alpha value is -2.92. The fourth-order valence-corrected chi connectivity index (χ4v) is 0. The van der Waals surface area contributed by atoms with Crippen LogP contribution in [0.5, 0.6) is 0 Å². The van der Waals surface area contributed by atoms with E-state index in [0.717, 1.165) is 0 Å². The van der Waals surface area contributed by atoms with E-state index in [0.29, 0.717) is 0 Å². The van der Waals surface area contributed by atoms with E-state index in [1.165, 1.54) is 0 Å². The molecule has 0 aromatic heterocycles. The van der Waals surface area contributed by atoms with Crippen LogP contribution in [-0.4, -0.2) is 24.4 Å². The minimum Gasteiger partial charge on any atom is -0.530 e. The Kier molecular flexibility index (Phi) is 39.8. The van der Waals surface area contributed by atoms with Gasteiger partial charge in [0.05, 0.1) is 0 Å². The van der Waals surface area contributed by atoms with Crippen molar-refractivity contribution in [2.45, 2.75) is 0 Å². The Labute approximate surface area is 95.4 Å². The van der Waals surface area contributed by atoms with E-state index in [2.05, 4.69) is 22.9 Å². The Morgan fingerprint density at radius 2 is 0.529 bits per heavy atom. The first-order chi connectivity index (χ1) is 6.93. The van der Waals surface area contributed by atoms with Gasteiger partial charge in [0, 0.05) is 0 Å². The van der Waals surface area contributed by atoms with Gasteiger partial charge in [-0.1, -0.05) is 0 Å². The van der Waals surface area contributed by atoms with Crippen LogP contribution in [0.2, 0.25) is 0 Å². The summed E-state index contributed by atoms with van der Waals surface area (Å²) in [5.74, 6) is 0. The van der Waals surface area contributed by atoms with Crippen molar-refractivity contribution in [1.82, 2.24) is 0 Å². The number of carbonyl (C=O) groups excluding carboxylic acids is 4. The van der Waals surface area contributed by atoms with Crippen molar-refractivity contribution < 1.29 is 39.6 Å². The number of hydrogen-bond donors (Lipinski definition) is 4. The zero-order chi connectivity index (χ0) is 14.3. The maximum absolute atomic E-state index is 8.67. The second kappa shape index (κ2) is 23.2. The van der Waals surface area contributed by atoms with Crippen LogP contribution < -0.4 is 43.4 Å². The zero-order valence-electron chi connectivity index (χ0n) is 8.08. The molecular formula is C5H8N4O8. The molecule has 0 aliphatic heterocycles. The topological polar surface area (TPSA) is 265 Å². The number of hydrogen-bond acceptors (Lipinski definition) is 8. The molecule has 4 amide bonds. The van der Waals surface area contributed by atoms with Crippen molar-refractivity contribution in [3.05, 3.63) is 7.43 Å². The van der Waals surface area contributed by atoms with Gasteiger partial charge in [0.15, 0.2) is 0 Å². The predicted octanol–water partition coefficient (Wildman–Crippen LogP) is -6.77. The van der Waals surface area contributed by atoms with Crippen LogP contribution in [0.15, 0.2) is 0 Å². The average molecular weight is 252 g/mol. The quantitative estimate of drug-likeness (QED) is 0.320. The van der Waals surface area contributed by atoms with Crippen molar-refractivity contribution in [2.24, 2.45) is 22.9 Å². The molecular weight excluding hydrogens is 244 g/mol. The normalized spacial score (nSPS) is 5.65. The third kappa shape index (κ3) is 188. The summed E-state index contributed by atoms with van der Waals surface area (Å²) in [6, 6.07) is 0. The summed E-state index contributed by atoms with van der Waals surface area (Å²) in [6.45, 7) is 0. The second-order valence-electron chi connectivity index (χ2n) is 1.28. The van der Waals surface area contributed by atoms with E-state index in [1.54, 1.807) is 0 Å². The van der Waals surface area contributed by atoms with Crippen LogP contribution in [0.25, 0.3) is 0 Å². The molecule has 0 atom stereocenters. The number of primary amides is 4. The van der Waals surface area contributed by atoms with Gasteiger partial charge in [-0.15, -0.1) is 0 Å². The van der Waals surface area contributed by atoms with Gasteiger partial charge in [0.25, 0.3) is 0 Å². The van der Waals surface area contributed by atoms with Crippen molar-refractivity contribution in [2.75, 3.05) is 0 Å². The zero-order valence-corrected chi connectivity index (χ0v) is 8.08. The Morgan fingerprint density at radius 3 is 0.529 bits per heavy atom. The molecule has 12 nitrogen and oxygen atoms in total. The molecule has 0 heterocycles. The van der Waals surface area contributed by atoms with E-state index in [9.17, 15) is 0 Å². The number of rotatable bonds is 0. The number of carboxylic acid groups (broad SMARTS) is 4. The minimum atomic E-state index is -1.58. The first kappa shape index (κ1) is 29.2. The summed E-state index contributed by atoms with van der Waals surface area (Å²) < 4.78 is 0. The molecule has 0 aromatic carbocycles. The van der Waals surface area contributed by atoms with Crippen LogP contribution in [0, 0.1) is 7.43 Å². The maximum Gasteiger partial charge on any atom is 4.00 e. The SMILES string of the molecule is NC(=O)[O-].NC(=O)[O-].NC(=O)[O-].NC(=O)[O-].[C+4]. The summed E-state index contributed by atoms with van der Waals surface area (Å²) in [7, 11) is 0. The molecule has 0 spiro atoms. The molecule has 96 valence electrons. The fraction of sp³-hybridized carbons (Fsp3) is 0. The standard InChI is InChI=1S/4CH3NO2.C/c4*2-1(3)4;/h4*2H2,(H,3,4);/q;;;;+4/p-4. The Balaban J connectivity index is -0.0000000369. The van der Waals surface area contributed by atoms with Crippen molar-refractivity contribution in [3.8, 4) is 0 Å². The summed E-state index contributed by atoms with van der Waals surface area (Å²) in [5, 5.41) is 34.7. The van der Waals surface area contributed by atoms with Crippen molar-refractivity contribution >= 4 is 24.4 Å². The molecule has 8 N–H and O–H groups in total. The van der Waals surface area contributed by atoms with Gasteiger partial charge in [-0.25, -0.2) is 0 Å². The van der Waals surface area contributed by atoms with Crippen LogP contribution in [-0.2, 0) is 0 Å². The molecule has 17 heavy (non-hydrogen) atoms. The van der Waals surface area contributed by atoms with Gasteiger partial charge in [-0.05, 0) is 0 Å². The van der Waals surface area contributed by atoms with Gasteiger partial charge >= 0.3 is 7.43 Å². The summed E-state index contributed by atoms with van der Waals surface area (Å²) in [6.07, 6.45) is -6.33. The van der Waals surface area contributed by atoms with Crippen molar-refractivity contribution in [1.29, 1.82) is 0 Å². The van der Waals surface area contributed by atoms with Gasteiger partial charge in [-0.3, -0.25) is 0 Å². The summed E-state index contributed by atoms with van der Waals surface area (Å²) in [4.78, 5) is 34.7. The molecule has 0 saturated carbocycles. The Bertz CT molecular complexity index is 166. The third-order valence-corrected chi connectivity index (χ3v) is 0. The predicted molar refractivity (Wildman–Crippen MR) is 41.6 cm³/mol. The fourth-order valence-electron chi connectivity index (χ4n) is 0. The third-order valence-electron chi connectivity index (χ3n) is 0. The first-order valence-electron chi connectivity index (χ1n) is 2.79. The Morgan fingerprint density at radius 1 is 0.529 bits per heavy atom. The molecule has 0 radical (unpaired) electrons. The molecule has 0 aliphatic carbocycles. The van der Waals surface area contributed by atoms with Crippen LogP contribution in [0.3, 0.4) is 0 Å². The van der Waals surface area contributed by atoms with E-state index in [4.69, 9.17) is 39.6 Å². The summed E-state index contributed by atoms with van der Waals surface area (Å²) in [5.41, 5.74) is 15.7. The molecule has 0 fully saturated rings. The van der Waals surface area contributed by atoms with Crippen LogP contribution in [0.4, 0.5) is 19.2 Å². The van der Waals surface area contributed by atoms with Gasteiger partial charge in [0.2, 0.25) is 0 Å². The monoisotopic (exact) mass is 252 g/mol. The molecule has 0 bridgehead atoms. The first-order valence-corrected chi connectivity index (χ1v) is 2.79. The van der Waals surface area contributed by atoms with Gasteiger partial charge in [-0.2, -0.15) is 0 Å². The molecule has 0 aliphatic rings. The molecule has 0 rings (SSSR count). The number of carbonyl (C=O) groups is 4.